The Bertz CT molecular complexity index is 632. The maximum absolute atomic E-state index is 12.1. The number of carbonyl (C=O) groups is 2. The van der Waals surface area contributed by atoms with Gasteiger partial charge in [-0.25, -0.2) is 0 Å². The fraction of sp³-hybridized carbons (Fsp3) is 0.636. The highest BCUT2D eigenvalue weighted by atomic mass is 16.2. The van der Waals surface area contributed by atoms with Gasteiger partial charge in [0.25, 0.3) is 0 Å². The van der Waals surface area contributed by atoms with Gasteiger partial charge in [0.15, 0.2) is 0 Å². The normalized spacial score (nSPS) is 18.9. The predicted molar refractivity (Wildman–Crippen MR) is 112 cm³/mol. The van der Waals surface area contributed by atoms with Crippen LogP contribution in [-0.4, -0.2) is 60.9 Å². The van der Waals surface area contributed by atoms with Gasteiger partial charge in [-0.2, -0.15) is 0 Å². The zero-order chi connectivity index (χ0) is 19.8. The molecule has 0 aromatic heterocycles. The number of likely N-dealkylation sites (N-methyl/N-ethyl adjacent to an activating group) is 1. The van der Waals surface area contributed by atoms with Gasteiger partial charge in [0, 0.05) is 57.3 Å². The van der Waals surface area contributed by atoms with Crippen LogP contribution in [0.4, 0.5) is 5.69 Å². The van der Waals surface area contributed by atoms with E-state index in [1.54, 1.807) is 0 Å². The number of carbonyl (C=O) groups excluding carboxylic acids is 2. The largest absolute Gasteiger partial charge is 0.355 e. The van der Waals surface area contributed by atoms with Crippen LogP contribution in [0, 0.1) is 5.92 Å². The Morgan fingerprint density at radius 3 is 2.29 bits per heavy atom. The van der Waals surface area contributed by atoms with Gasteiger partial charge in [-0.05, 0) is 37.1 Å². The summed E-state index contributed by atoms with van der Waals surface area (Å²) in [6.07, 6.45) is 4.56. The van der Waals surface area contributed by atoms with Gasteiger partial charge >= 0.3 is 0 Å². The van der Waals surface area contributed by atoms with Crippen molar-refractivity contribution < 1.29 is 9.59 Å². The zero-order valence-electron chi connectivity index (χ0n) is 17.1. The fourth-order valence-corrected chi connectivity index (χ4v) is 4.07. The van der Waals surface area contributed by atoms with Gasteiger partial charge in [-0.15, -0.1) is 0 Å². The van der Waals surface area contributed by atoms with Crippen molar-refractivity contribution in [1.29, 1.82) is 0 Å². The fourth-order valence-electron chi connectivity index (χ4n) is 4.07. The number of hydrogen-bond acceptors (Lipinski definition) is 4. The molecule has 1 saturated heterocycles. The van der Waals surface area contributed by atoms with E-state index in [4.69, 9.17) is 0 Å². The Balaban J connectivity index is 1.35. The molecule has 6 heteroatoms. The Labute approximate surface area is 168 Å². The molecule has 1 aromatic carbocycles. The van der Waals surface area contributed by atoms with Crippen LogP contribution in [0.15, 0.2) is 24.3 Å². The first-order chi connectivity index (χ1) is 13.6. The second-order valence-corrected chi connectivity index (χ2v) is 7.98. The Morgan fingerprint density at radius 2 is 1.64 bits per heavy atom. The lowest BCUT2D eigenvalue weighted by atomic mass is 10.1. The van der Waals surface area contributed by atoms with Crippen molar-refractivity contribution in [3.8, 4) is 0 Å². The smallest absolute Gasteiger partial charge is 0.226 e. The molecule has 6 nitrogen and oxygen atoms in total. The van der Waals surface area contributed by atoms with Gasteiger partial charge in [0.2, 0.25) is 11.8 Å². The Hall–Kier alpha value is -1.92. The van der Waals surface area contributed by atoms with Crippen LogP contribution in [-0.2, 0) is 16.1 Å². The maximum atomic E-state index is 12.1. The molecule has 1 heterocycles. The van der Waals surface area contributed by atoms with E-state index in [-0.39, 0.29) is 17.7 Å². The van der Waals surface area contributed by atoms with Crippen molar-refractivity contribution in [3.63, 3.8) is 0 Å². The van der Waals surface area contributed by atoms with E-state index in [0.29, 0.717) is 13.0 Å². The molecule has 1 aliphatic carbocycles. The van der Waals surface area contributed by atoms with Gasteiger partial charge in [0.1, 0.15) is 0 Å². The van der Waals surface area contributed by atoms with Gasteiger partial charge in [-0.1, -0.05) is 31.9 Å². The summed E-state index contributed by atoms with van der Waals surface area (Å²) in [7, 11) is 0. The molecule has 2 aliphatic rings. The summed E-state index contributed by atoms with van der Waals surface area (Å²) in [5, 5.41) is 5.81. The molecule has 2 amide bonds. The molecule has 2 fully saturated rings. The van der Waals surface area contributed by atoms with Gasteiger partial charge < -0.3 is 15.5 Å². The number of benzene rings is 1. The maximum Gasteiger partial charge on any atom is 0.226 e. The third kappa shape index (κ3) is 6.31. The topological polar surface area (TPSA) is 64.7 Å². The van der Waals surface area contributed by atoms with Crippen LogP contribution in [0.5, 0.6) is 0 Å². The standard InChI is InChI=1S/C22H34N4O2/c1-2-25-13-15-26(16-14-25)17-18-7-9-20(10-8-18)24-21(27)11-12-23-22(28)19-5-3-4-6-19/h7-10,19H,2-6,11-17H2,1H3,(H,23,28)(H,24,27). The molecule has 1 saturated carbocycles. The molecule has 0 spiro atoms. The van der Waals surface area contributed by atoms with Gasteiger partial charge in [-0.3, -0.25) is 14.5 Å². The third-order valence-corrected chi connectivity index (χ3v) is 5.93. The van der Waals surface area contributed by atoms with Crippen LogP contribution < -0.4 is 10.6 Å². The van der Waals surface area contributed by atoms with Crippen LogP contribution in [0.1, 0.15) is 44.6 Å². The summed E-state index contributed by atoms with van der Waals surface area (Å²) in [5.74, 6) is 0.199. The molecule has 0 radical (unpaired) electrons. The minimum absolute atomic E-state index is 0.0600. The third-order valence-electron chi connectivity index (χ3n) is 5.93. The van der Waals surface area contributed by atoms with Crippen LogP contribution in [0.2, 0.25) is 0 Å². The second-order valence-electron chi connectivity index (χ2n) is 7.98. The quantitative estimate of drug-likeness (QED) is 0.720. The lowest BCUT2D eigenvalue weighted by molar-refractivity contribution is -0.124. The number of anilines is 1. The molecule has 0 bridgehead atoms. The highest BCUT2D eigenvalue weighted by molar-refractivity contribution is 5.91. The zero-order valence-corrected chi connectivity index (χ0v) is 17.1. The van der Waals surface area contributed by atoms with E-state index in [1.807, 2.05) is 12.1 Å². The van der Waals surface area contributed by atoms with Crippen molar-refractivity contribution in [1.82, 2.24) is 15.1 Å². The molecule has 1 aromatic rings. The minimum atomic E-state index is -0.0600. The summed E-state index contributed by atoms with van der Waals surface area (Å²) in [6.45, 7) is 9.21. The monoisotopic (exact) mass is 386 g/mol. The molecular weight excluding hydrogens is 352 g/mol. The molecular formula is C22H34N4O2. The van der Waals surface area contributed by atoms with E-state index >= 15 is 0 Å². The van der Waals surface area contributed by atoms with Crippen molar-refractivity contribution in [2.24, 2.45) is 5.92 Å². The van der Waals surface area contributed by atoms with Crippen LogP contribution in [0.25, 0.3) is 0 Å². The summed E-state index contributed by atoms with van der Waals surface area (Å²) in [5.41, 5.74) is 2.08. The highest BCUT2D eigenvalue weighted by Crippen LogP contribution is 2.24. The Morgan fingerprint density at radius 1 is 1.00 bits per heavy atom. The van der Waals surface area contributed by atoms with E-state index in [2.05, 4.69) is 39.5 Å². The number of nitrogens with one attached hydrogen (secondary N) is 2. The molecule has 0 atom stereocenters. The van der Waals surface area contributed by atoms with E-state index in [1.165, 1.54) is 5.56 Å². The average molecular weight is 387 g/mol. The lowest BCUT2D eigenvalue weighted by Gasteiger charge is -2.34. The first-order valence-corrected chi connectivity index (χ1v) is 10.7. The van der Waals surface area contributed by atoms with E-state index < -0.39 is 0 Å². The number of hydrogen-bond donors (Lipinski definition) is 2. The van der Waals surface area contributed by atoms with E-state index in [9.17, 15) is 9.59 Å². The highest BCUT2D eigenvalue weighted by Gasteiger charge is 2.22. The summed E-state index contributed by atoms with van der Waals surface area (Å²) >= 11 is 0. The summed E-state index contributed by atoms with van der Waals surface area (Å²) in [4.78, 5) is 29.0. The van der Waals surface area contributed by atoms with E-state index in [0.717, 1.165) is 70.6 Å². The minimum Gasteiger partial charge on any atom is -0.355 e. The average Bonchev–Trinajstić information content (AvgIpc) is 3.25. The Kier molecular flexibility index (Phi) is 7.86. The van der Waals surface area contributed by atoms with Crippen molar-refractivity contribution >= 4 is 17.5 Å². The van der Waals surface area contributed by atoms with Crippen molar-refractivity contribution in [2.45, 2.75) is 45.6 Å². The van der Waals surface area contributed by atoms with Crippen LogP contribution >= 0.6 is 0 Å². The number of amides is 2. The molecule has 0 unspecified atom stereocenters. The molecule has 2 N–H and O–H groups in total. The number of piperazine rings is 1. The number of rotatable bonds is 8. The molecule has 3 rings (SSSR count). The molecule has 154 valence electrons. The van der Waals surface area contributed by atoms with Crippen molar-refractivity contribution in [2.75, 3.05) is 44.6 Å². The summed E-state index contributed by atoms with van der Waals surface area (Å²) in [6, 6.07) is 8.10. The lowest BCUT2D eigenvalue weighted by Crippen LogP contribution is -2.45. The van der Waals surface area contributed by atoms with Crippen LogP contribution in [0.3, 0.4) is 0 Å². The predicted octanol–water partition coefficient (Wildman–Crippen LogP) is 2.46. The second kappa shape index (κ2) is 10.6. The first-order valence-electron chi connectivity index (χ1n) is 10.7. The molecule has 1 aliphatic heterocycles. The van der Waals surface area contributed by atoms with Gasteiger partial charge in [0.05, 0.1) is 0 Å². The number of nitrogens with zero attached hydrogens (tertiary/aromatic N) is 2. The summed E-state index contributed by atoms with van der Waals surface area (Å²) < 4.78 is 0. The molecule has 28 heavy (non-hydrogen) atoms. The SMILES string of the molecule is CCN1CCN(Cc2ccc(NC(=O)CCNC(=O)C3CCCC3)cc2)CC1. The first kappa shape index (κ1) is 20.8. The van der Waals surface area contributed by atoms with Crippen molar-refractivity contribution in [3.05, 3.63) is 29.8 Å².